The Morgan fingerprint density at radius 2 is 1.92 bits per heavy atom. The van der Waals surface area contributed by atoms with E-state index in [4.69, 9.17) is 20.1 Å². The lowest BCUT2D eigenvalue weighted by Gasteiger charge is -2.41. The van der Waals surface area contributed by atoms with Crippen LogP contribution in [0.2, 0.25) is 0 Å². The molecule has 8 heteroatoms. The van der Waals surface area contributed by atoms with Crippen LogP contribution in [0.1, 0.15) is 36.0 Å². The predicted octanol–water partition coefficient (Wildman–Crippen LogP) is 2.18. The number of esters is 1. The van der Waals surface area contributed by atoms with Crippen molar-refractivity contribution >= 4 is 11.8 Å². The van der Waals surface area contributed by atoms with Gasteiger partial charge in [0.1, 0.15) is 0 Å². The molecule has 0 saturated carbocycles. The van der Waals surface area contributed by atoms with Gasteiger partial charge in [0, 0.05) is 24.1 Å². The average Bonchev–Trinajstić information content (AvgIpc) is 2.85. The summed E-state index contributed by atoms with van der Waals surface area (Å²) >= 11 is 0. The third-order valence-electron chi connectivity index (χ3n) is 5.41. The van der Waals surface area contributed by atoms with Crippen LogP contribution in [0.15, 0.2) is 30.3 Å². The van der Waals surface area contributed by atoms with Crippen LogP contribution in [0.3, 0.4) is 0 Å². The fourth-order valence-electron chi connectivity index (χ4n) is 4.24. The van der Waals surface area contributed by atoms with Gasteiger partial charge in [-0.3, -0.25) is 14.5 Å². The summed E-state index contributed by atoms with van der Waals surface area (Å²) in [6, 6.07) is 10.1. The van der Waals surface area contributed by atoms with E-state index in [1.807, 2.05) is 30.3 Å². The van der Waals surface area contributed by atoms with Crippen molar-refractivity contribution in [2.24, 2.45) is 11.8 Å². The van der Waals surface area contributed by atoms with Gasteiger partial charge >= 0.3 is 5.97 Å². The summed E-state index contributed by atoms with van der Waals surface area (Å²) in [5, 5.41) is 13.6. The van der Waals surface area contributed by atoms with Crippen molar-refractivity contribution in [3.63, 3.8) is 0 Å². The van der Waals surface area contributed by atoms with E-state index in [0.717, 1.165) is 24.8 Å². The third kappa shape index (κ3) is 4.57. The van der Waals surface area contributed by atoms with E-state index in [9.17, 15) is 9.59 Å². The second-order valence-electron chi connectivity index (χ2n) is 6.74. The molecule has 2 bridgehead atoms. The van der Waals surface area contributed by atoms with Crippen LogP contribution in [0.25, 0.3) is 0 Å². The Labute approximate surface area is 151 Å². The molecule has 8 nitrogen and oxygen atoms in total. The number of methoxy groups -OCH3 is 1. The van der Waals surface area contributed by atoms with Gasteiger partial charge in [0.15, 0.2) is 5.78 Å². The number of ketones is 1. The number of ether oxygens (including phenoxy) is 1. The van der Waals surface area contributed by atoms with Crippen LogP contribution in [0.5, 0.6) is 0 Å². The fraction of sp³-hybridized carbons (Fsp3) is 0.556. The Balaban J connectivity index is 0.000000552. The lowest BCUT2D eigenvalue weighted by Crippen LogP contribution is -2.50. The second kappa shape index (κ2) is 8.75. The van der Waals surface area contributed by atoms with Gasteiger partial charge in [-0.25, -0.2) is 0 Å². The molecular weight excluding hydrogens is 340 g/mol. The van der Waals surface area contributed by atoms with Gasteiger partial charge in [0.2, 0.25) is 0 Å². The number of Topliss-reactive ketones (excluding diaryl/α,β-unsaturated/α-hetero) is 1. The van der Waals surface area contributed by atoms with Gasteiger partial charge in [0.05, 0.1) is 13.0 Å². The van der Waals surface area contributed by atoms with Crippen LogP contribution in [-0.4, -0.2) is 53.2 Å². The molecule has 2 fully saturated rings. The normalized spacial score (nSPS) is 27.2. The molecule has 26 heavy (non-hydrogen) atoms. The van der Waals surface area contributed by atoms with Crippen molar-refractivity contribution in [3.8, 4) is 0 Å². The predicted molar refractivity (Wildman–Crippen MR) is 92.4 cm³/mol. The Bertz CT molecular complexity index is 646. The van der Waals surface area contributed by atoms with E-state index < -0.39 is 5.09 Å². The van der Waals surface area contributed by atoms with Crippen molar-refractivity contribution in [1.29, 1.82) is 0 Å². The van der Waals surface area contributed by atoms with Crippen molar-refractivity contribution in [3.05, 3.63) is 46.0 Å². The summed E-state index contributed by atoms with van der Waals surface area (Å²) < 4.78 is 5.03. The van der Waals surface area contributed by atoms with Gasteiger partial charge < -0.3 is 9.94 Å². The topological polar surface area (TPSA) is 110 Å². The Kier molecular flexibility index (Phi) is 6.68. The van der Waals surface area contributed by atoms with E-state index >= 15 is 0 Å². The van der Waals surface area contributed by atoms with E-state index in [1.165, 1.54) is 7.11 Å². The first-order chi connectivity index (χ1) is 12.3. The summed E-state index contributed by atoms with van der Waals surface area (Å²) in [7, 11) is 3.53. The molecule has 1 aromatic carbocycles. The van der Waals surface area contributed by atoms with Crippen molar-refractivity contribution in [2.75, 3.05) is 14.2 Å². The first-order valence-electron chi connectivity index (χ1n) is 8.56. The third-order valence-corrected chi connectivity index (χ3v) is 5.41. The molecule has 1 aromatic rings. The summed E-state index contributed by atoms with van der Waals surface area (Å²) in [5.74, 6) is -0.123. The van der Waals surface area contributed by atoms with Crippen LogP contribution in [0.4, 0.5) is 0 Å². The minimum absolute atomic E-state index is 0.0915. The van der Waals surface area contributed by atoms with E-state index in [2.05, 4.69) is 11.9 Å². The molecule has 0 aliphatic carbocycles. The summed E-state index contributed by atoms with van der Waals surface area (Å²) in [5.41, 5.74) is 0.734. The number of benzene rings is 1. The van der Waals surface area contributed by atoms with Crippen molar-refractivity contribution < 1.29 is 24.6 Å². The number of hydrogen-bond acceptors (Lipinski definition) is 6. The molecule has 0 spiro atoms. The largest absolute Gasteiger partial charge is 0.469 e. The molecule has 0 unspecified atom stereocenters. The first-order valence-corrected chi connectivity index (χ1v) is 8.56. The molecule has 2 heterocycles. The molecular formula is C18H24N2O6. The Morgan fingerprint density at radius 3 is 2.50 bits per heavy atom. The Morgan fingerprint density at radius 1 is 1.31 bits per heavy atom. The zero-order valence-corrected chi connectivity index (χ0v) is 14.9. The number of rotatable bonds is 4. The molecule has 1 N–H and O–H groups in total. The maximum absolute atomic E-state index is 12.5. The number of hydrogen-bond donors (Lipinski definition) is 1. The minimum atomic E-state index is -1.50. The zero-order chi connectivity index (χ0) is 19.3. The molecule has 2 aliphatic rings. The van der Waals surface area contributed by atoms with Crippen LogP contribution in [-0.2, 0) is 9.53 Å². The quantitative estimate of drug-likeness (QED) is 0.377. The summed E-state index contributed by atoms with van der Waals surface area (Å²) in [6.07, 6.45) is 3.48. The molecule has 0 aromatic heterocycles. The molecule has 3 rings (SSSR count). The molecule has 0 radical (unpaired) electrons. The van der Waals surface area contributed by atoms with E-state index in [-0.39, 0.29) is 29.6 Å². The first kappa shape index (κ1) is 19.8. The number of fused-ring (bicyclic) bond motifs is 2. The van der Waals surface area contributed by atoms with Gasteiger partial charge in [-0.2, -0.15) is 0 Å². The molecule has 4 atom stereocenters. The van der Waals surface area contributed by atoms with Gasteiger partial charge in [-0.15, -0.1) is 10.1 Å². The fourth-order valence-corrected chi connectivity index (χ4v) is 4.24. The summed E-state index contributed by atoms with van der Waals surface area (Å²) in [6.45, 7) is 0. The number of nitrogens with zero attached hydrogens (tertiary/aromatic N) is 2. The van der Waals surface area contributed by atoms with Crippen LogP contribution < -0.4 is 0 Å². The van der Waals surface area contributed by atoms with Crippen molar-refractivity contribution in [2.45, 2.75) is 37.8 Å². The highest BCUT2D eigenvalue weighted by Gasteiger charge is 2.49. The van der Waals surface area contributed by atoms with E-state index in [0.29, 0.717) is 12.5 Å². The lowest BCUT2D eigenvalue weighted by atomic mass is 9.77. The molecule has 2 saturated heterocycles. The highest BCUT2D eigenvalue weighted by molar-refractivity contribution is 5.96. The van der Waals surface area contributed by atoms with Crippen molar-refractivity contribution in [1.82, 2.24) is 4.90 Å². The summed E-state index contributed by atoms with van der Waals surface area (Å²) in [4.78, 5) is 35.5. The second-order valence-corrected chi connectivity index (χ2v) is 6.74. The maximum Gasteiger partial charge on any atom is 0.310 e. The number of carbonyl (C=O) groups is 2. The van der Waals surface area contributed by atoms with Gasteiger partial charge in [-0.1, -0.05) is 30.3 Å². The van der Waals surface area contributed by atoms with Gasteiger partial charge in [-0.05, 0) is 32.2 Å². The molecule has 2 aliphatic heterocycles. The highest BCUT2D eigenvalue weighted by Crippen LogP contribution is 2.43. The Hall–Kier alpha value is -2.48. The standard InChI is InChI=1S/C18H23NO3.HNO3/c1-19-14-8-9-15(19)17(18(21)22-2)13(10-14)11-16(20)12-6-4-3-5-7-12;2-1(3)4/h3-7,13-15,17H,8-11H2,1-2H3;(H,2,3,4)/t13-,14+,15-,17+;/m1./s1. The average molecular weight is 364 g/mol. The SMILES string of the molecule is COC(=O)[C@H]1[C@@H](CC(=O)c2ccccc2)C[C@@H]2CC[C@H]1N2C.O=[N+]([O-])O. The number of piperidine rings is 1. The van der Waals surface area contributed by atoms with Crippen LogP contribution in [0, 0.1) is 22.0 Å². The van der Waals surface area contributed by atoms with Gasteiger partial charge in [0.25, 0.3) is 5.09 Å². The minimum Gasteiger partial charge on any atom is -0.469 e. The van der Waals surface area contributed by atoms with Crippen LogP contribution >= 0.6 is 0 Å². The van der Waals surface area contributed by atoms with E-state index in [1.54, 1.807) is 0 Å². The maximum atomic E-state index is 12.5. The monoisotopic (exact) mass is 364 g/mol. The molecule has 142 valence electrons. The lowest BCUT2D eigenvalue weighted by molar-refractivity contribution is -0.742. The molecule has 0 amide bonds. The smallest absolute Gasteiger partial charge is 0.310 e. The highest BCUT2D eigenvalue weighted by atomic mass is 16.9. The zero-order valence-electron chi connectivity index (χ0n) is 14.9. The number of carbonyl (C=O) groups excluding carboxylic acids is 2.